The van der Waals surface area contributed by atoms with Gasteiger partial charge >= 0.3 is 5.97 Å². The van der Waals surface area contributed by atoms with Gasteiger partial charge in [-0.25, -0.2) is 4.79 Å². The van der Waals surface area contributed by atoms with E-state index in [1.165, 1.54) is 12.1 Å². The maximum absolute atomic E-state index is 14.4. The topological polar surface area (TPSA) is 183 Å². The summed E-state index contributed by atoms with van der Waals surface area (Å²) in [6, 6.07) is 34.4. The number of carboxylic acid groups (broad SMARTS) is 1. The zero-order valence-corrected chi connectivity index (χ0v) is 31.1. The second-order valence-corrected chi connectivity index (χ2v) is 13.9. The first-order valence-corrected chi connectivity index (χ1v) is 18.7. The molecule has 0 radical (unpaired) electrons. The lowest BCUT2D eigenvalue weighted by Gasteiger charge is -2.26. The van der Waals surface area contributed by atoms with Crippen molar-refractivity contribution in [2.24, 2.45) is 0 Å². The fourth-order valence-electron chi connectivity index (χ4n) is 6.57. The largest absolute Gasteiger partial charge is 0.508 e. The van der Waals surface area contributed by atoms with Crippen LogP contribution in [0.1, 0.15) is 28.7 Å². The molecule has 57 heavy (non-hydrogen) atoms. The van der Waals surface area contributed by atoms with Crippen LogP contribution in [0, 0.1) is 0 Å². The summed E-state index contributed by atoms with van der Waals surface area (Å²) in [5.74, 6) is -3.55. The fourth-order valence-corrected chi connectivity index (χ4v) is 6.57. The minimum Gasteiger partial charge on any atom is -0.508 e. The molecular formula is C45H44N4O8. The van der Waals surface area contributed by atoms with Crippen molar-refractivity contribution in [3.05, 3.63) is 156 Å². The number of hydrogen-bond donors (Lipinski definition) is 6. The van der Waals surface area contributed by atoms with E-state index in [1.807, 2.05) is 84.9 Å². The summed E-state index contributed by atoms with van der Waals surface area (Å²) >= 11 is 0. The minimum atomic E-state index is -1.33. The van der Waals surface area contributed by atoms with Crippen LogP contribution in [0.3, 0.4) is 0 Å². The SMILES string of the molecule is O=C1COc2ccc(cc2)CC(C(=O)O)NC(=O)C(CCc2ccccc2)NC(=O)C(Cc2ccc(-c3ccccc3)cc2)NC(=O)C(Cc2ccc(O)cc2)N1. The molecule has 5 aromatic rings. The molecule has 2 aliphatic heterocycles. The average molecular weight is 769 g/mol. The third-order valence-corrected chi connectivity index (χ3v) is 9.71. The first-order valence-electron chi connectivity index (χ1n) is 18.7. The highest BCUT2D eigenvalue weighted by Gasteiger charge is 2.32. The monoisotopic (exact) mass is 768 g/mol. The van der Waals surface area contributed by atoms with Crippen molar-refractivity contribution in [3.8, 4) is 22.6 Å². The van der Waals surface area contributed by atoms with Gasteiger partial charge in [-0.05, 0) is 70.5 Å². The number of phenolic OH excluding ortho intramolecular Hbond substituents is 1. The number of carbonyl (C=O) groups is 5. The Balaban J connectivity index is 1.34. The Kier molecular flexibility index (Phi) is 13.3. The Bertz CT molecular complexity index is 2140. The van der Waals surface area contributed by atoms with Crippen molar-refractivity contribution in [2.75, 3.05) is 6.61 Å². The van der Waals surface area contributed by atoms with Gasteiger partial charge in [-0.2, -0.15) is 0 Å². The average Bonchev–Trinajstić information content (AvgIpc) is 3.22. The van der Waals surface area contributed by atoms with Crippen LogP contribution in [0.25, 0.3) is 11.1 Å². The van der Waals surface area contributed by atoms with Crippen molar-refractivity contribution in [1.82, 2.24) is 21.3 Å². The van der Waals surface area contributed by atoms with E-state index in [1.54, 1.807) is 36.4 Å². The molecule has 7 rings (SSSR count). The van der Waals surface area contributed by atoms with E-state index < -0.39 is 60.4 Å². The number of ether oxygens (including phenoxy) is 1. The fraction of sp³-hybridized carbons (Fsp3) is 0.222. The number of amides is 4. The number of phenols is 1. The second-order valence-electron chi connectivity index (χ2n) is 13.9. The van der Waals surface area contributed by atoms with Crippen LogP contribution in [-0.2, 0) is 49.7 Å². The minimum absolute atomic E-state index is 0.0192. The first-order chi connectivity index (χ1) is 27.6. The molecule has 0 saturated heterocycles. The number of rotatable bonds is 9. The Labute approximate surface area is 330 Å². The molecule has 12 heteroatoms. The number of fused-ring (bicyclic) bond motifs is 16. The molecule has 4 amide bonds. The zero-order chi connectivity index (χ0) is 40.1. The Hall–Kier alpha value is -6.95. The maximum Gasteiger partial charge on any atom is 0.326 e. The Morgan fingerprint density at radius 3 is 1.72 bits per heavy atom. The normalized spacial score (nSPS) is 19.4. The molecule has 6 N–H and O–H groups in total. The van der Waals surface area contributed by atoms with E-state index in [2.05, 4.69) is 21.3 Å². The van der Waals surface area contributed by atoms with Gasteiger partial charge in [0.1, 0.15) is 35.7 Å². The molecule has 5 aromatic carbocycles. The standard InChI is InChI=1S/C45H44N4O8/c50-35-20-13-31(14-21-35)25-38-43(53)48-39(26-30-11-18-34(19-12-30)33-9-5-2-6-10-33)44(54)47-37(24-17-29-7-3-1-4-8-29)42(52)49-40(45(55)56)27-32-15-22-36(23-16-32)57-28-41(51)46-38/h1-16,18-23,37-40,50H,17,24-28H2,(H,46,51)(H,47,54)(H,48,53)(H,49,52)(H,55,56). The highest BCUT2D eigenvalue weighted by Crippen LogP contribution is 2.21. The Morgan fingerprint density at radius 1 is 0.579 bits per heavy atom. The van der Waals surface area contributed by atoms with Crippen LogP contribution < -0.4 is 26.0 Å². The number of carboxylic acids is 1. The van der Waals surface area contributed by atoms with Crippen LogP contribution in [0.15, 0.2) is 133 Å². The summed E-state index contributed by atoms with van der Waals surface area (Å²) in [5, 5.41) is 31.0. The van der Waals surface area contributed by atoms with Crippen LogP contribution >= 0.6 is 0 Å². The van der Waals surface area contributed by atoms with Gasteiger partial charge in [0.15, 0.2) is 6.61 Å². The molecule has 292 valence electrons. The van der Waals surface area contributed by atoms with Gasteiger partial charge in [-0.15, -0.1) is 0 Å². The molecule has 0 fully saturated rings. The quantitative estimate of drug-likeness (QED) is 0.121. The number of nitrogens with one attached hydrogen (secondary N) is 4. The van der Waals surface area contributed by atoms with E-state index in [0.29, 0.717) is 28.9 Å². The molecular weight excluding hydrogens is 725 g/mol. The maximum atomic E-state index is 14.4. The zero-order valence-electron chi connectivity index (χ0n) is 31.1. The number of benzene rings is 5. The predicted molar refractivity (Wildman–Crippen MR) is 213 cm³/mol. The van der Waals surface area contributed by atoms with Crippen molar-refractivity contribution >= 4 is 29.6 Å². The van der Waals surface area contributed by atoms with E-state index >= 15 is 0 Å². The third kappa shape index (κ3) is 11.5. The van der Waals surface area contributed by atoms with Gasteiger partial charge in [-0.3, -0.25) is 19.2 Å². The number of aromatic hydroxyl groups is 1. The molecule has 4 atom stereocenters. The molecule has 12 nitrogen and oxygen atoms in total. The summed E-state index contributed by atoms with van der Waals surface area (Å²) in [4.78, 5) is 68.2. The molecule has 2 heterocycles. The first kappa shape index (κ1) is 39.7. The summed E-state index contributed by atoms with van der Waals surface area (Å²) in [7, 11) is 0. The lowest BCUT2D eigenvalue weighted by atomic mass is 9.98. The third-order valence-electron chi connectivity index (χ3n) is 9.71. The van der Waals surface area contributed by atoms with Crippen molar-refractivity contribution in [2.45, 2.75) is 56.3 Å². The summed E-state index contributed by atoms with van der Waals surface area (Å²) in [6.45, 7) is -0.437. The van der Waals surface area contributed by atoms with Crippen LogP contribution in [0.4, 0.5) is 0 Å². The molecule has 2 aliphatic rings. The number of aliphatic carboxylic acids is 1. The lowest BCUT2D eigenvalue weighted by molar-refractivity contribution is -0.142. The molecule has 4 unspecified atom stereocenters. The predicted octanol–water partition coefficient (Wildman–Crippen LogP) is 4.14. The summed E-state index contributed by atoms with van der Waals surface area (Å²) in [6.07, 6.45) is 0.501. The number of hydrogen-bond acceptors (Lipinski definition) is 7. The van der Waals surface area contributed by atoms with E-state index in [-0.39, 0.29) is 31.4 Å². The number of carbonyl (C=O) groups excluding carboxylic acids is 4. The van der Waals surface area contributed by atoms with Crippen molar-refractivity contribution < 1.29 is 38.9 Å². The van der Waals surface area contributed by atoms with E-state index in [4.69, 9.17) is 4.74 Å². The van der Waals surface area contributed by atoms with Gasteiger partial charge in [0.25, 0.3) is 5.91 Å². The summed E-state index contributed by atoms with van der Waals surface area (Å²) < 4.78 is 5.69. The summed E-state index contributed by atoms with van der Waals surface area (Å²) in [5.41, 5.74) is 4.79. The highest BCUT2D eigenvalue weighted by atomic mass is 16.5. The van der Waals surface area contributed by atoms with Gasteiger partial charge in [-0.1, -0.05) is 109 Å². The van der Waals surface area contributed by atoms with Crippen molar-refractivity contribution in [3.63, 3.8) is 0 Å². The van der Waals surface area contributed by atoms with Crippen molar-refractivity contribution in [1.29, 1.82) is 0 Å². The van der Waals surface area contributed by atoms with Crippen LogP contribution in [0.2, 0.25) is 0 Å². The molecule has 0 aliphatic carbocycles. The molecule has 0 aromatic heterocycles. The van der Waals surface area contributed by atoms with Gasteiger partial charge in [0, 0.05) is 19.3 Å². The van der Waals surface area contributed by atoms with Crippen LogP contribution in [-0.4, -0.2) is 70.6 Å². The molecule has 0 saturated carbocycles. The lowest BCUT2D eigenvalue weighted by Crippen LogP contribution is -2.59. The number of aryl methyl sites for hydroxylation is 1. The smallest absolute Gasteiger partial charge is 0.326 e. The second kappa shape index (κ2) is 19.1. The Morgan fingerprint density at radius 2 is 1.11 bits per heavy atom. The molecule has 2 bridgehead atoms. The van der Waals surface area contributed by atoms with Gasteiger partial charge in [0.05, 0.1) is 0 Å². The van der Waals surface area contributed by atoms with Gasteiger partial charge < -0.3 is 36.2 Å². The highest BCUT2D eigenvalue weighted by molar-refractivity contribution is 5.95. The van der Waals surface area contributed by atoms with Crippen LogP contribution in [0.5, 0.6) is 11.5 Å². The van der Waals surface area contributed by atoms with Gasteiger partial charge in [0.2, 0.25) is 17.7 Å². The molecule has 0 spiro atoms. The van der Waals surface area contributed by atoms with E-state index in [0.717, 1.165) is 16.7 Å². The van der Waals surface area contributed by atoms with E-state index in [9.17, 15) is 34.2 Å².